The van der Waals surface area contributed by atoms with E-state index in [1.807, 2.05) is 70.2 Å². The lowest BCUT2D eigenvalue weighted by Crippen LogP contribution is -2.28. The SMILES string of the molecule is Cc1ccc(C)c(NC(=O)C(OC(=O)Cn2nc(C)cc2C)c2ccccc2)c1. The molecule has 0 radical (unpaired) electrons. The number of nitrogens with one attached hydrogen (secondary N) is 1. The molecule has 1 unspecified atom stereocenters. The van der Waals surface area contributed by atoms with Crippen molar-refractivity contribution < 1.29 is 14.3 Å². The zero-order chi connectivity index (χ0) is 21.0. The predicted octanol–water partition coefficient (Wildman–Crippen LogP) is 4.04. The normalized spacial score (nSPS) is 11.7. The van der Waals surface area contributed by atoms with Gasteiger partial charge in [-0.15, -0.1) is 0 Å². The van der Waals surface area contributed by atoms with Gasteiger partial charge in [0, 0.05) is 16.9 Å². The predicted molar refractivity (Wildman–Crippen MR) is 112 cm³/mol. The fourth-order valence-corrected chi connectivity index (χ4v) is 3.10. The minimum Gasteiger partial charge on any atom is -0.446 e. The van der Waals surface area contributed by atoms with E-state index in [4.69, 9.17) is 4.74 Å². The molecule has 29 heavy (non-hydrogen) atoms. The van der Waals surface area contributed by atoms with Crippen LogP contribution in [0.5, 0.6) is 0 Å². The Labute approximate surface area is 170 Å². The van der Waals surface area contributed by atoms with Crippen molar-refractivity contribution in [2.24, 2.45) is 0 Å². The molecule has 6 heteroatoms. The van der Waals surface area contributed by atoms with Gasteiger partial charge >= 0.3 is 5.97 Å². The number of ether oxygens (including phenoxy) is 1. The summed E-state index contributed by atoms with van der Waals surface area (Å²) in [6.45, 7) is 7.55. The third kappa shape index (κ3) is 5.10. The second-order valence-corrected chi connectivity index (χ2v) is 7.17. The van der Waals surface area contributed by atoms with E-state index in [0.29, 0.717) is 11.3 Å². The van der Waals surface area contributed by atoms with Crippen molar-refractivity contribution in [2.75, 3.05) is 5.32 Å². The number of anilines is 1. The molecule has 1 atom stereocenters. The molecule has 1 amide bonds. The molecule has 0 bridgehead atoms. The van der Waals surface area contributed by atoms with Crippen LogP contribution in [-0.4, -0.2) is 21.7 Å². The third-order valence-corrected chi connectivity index (χ3v) is 4.62. The van der Waals surface area contributed by atoms with Crippen molar-refractivity contribution in [3.05, 3.63) is 82.7 Å². The standard InChI is InChI=1S/C23H25N3O3/c1-15-10-11-16(2)20(12-15)24-23(28)22(19-8-6-5-7-9-19)29-21(27)14-26-18(4)13-17(3)25-26/h5-13,22H,14H2,1-4H3,(H,24,28). The van der Waals surface area contributed by atoms with Crippen LogP contribution in [0.2, 0.25) is 0 Å². The Balaban J connectivity index is 1.81. The molecule has 1 N–H and O–H groups in total. The molecule has 3 aromatic rings. The molecule has 6 nitrogen and oxygen atoms in total. The van der Waals surface area contributed by atoms with Crippen molar-refractivity contribution in [1.82, 2.24) is 9.78 Å². The summed E-state index contributed by atoms with van der Waals surface area (Å²) in [6.07, 6.45) is -1.06. The number of nitrogens with zero attached hydrogens (tertiary/aromatic N) is 2. The maximum Gasteiger partial charge on any atom is 0.328 e. The van der Waals surface area contributed by atoms with Crippen LogP contribution in [0.3, 0.4) is 0 Å². The van der Waals surface area contributed by atoms with Gasteiger partial charge in [0.05, 0.1) is 5.69 Å². The highest BCUT2D eigenvalue weighted by Gasteiger charge is 2.26. The minimum atomic E-state index is -1.06. The second kappa shape index (κ2) is 8.73. The zero-order valence-electron chi connectivity index (χ0n) is 17.1. The van der Waals surface area contributed by atoms with Crippen LogP contribution in [0.4, 0.5) is 5.69 Å². The number of carbonyl (C=O) groups is 2. The van der Waals surface area contributed by atoms with Crippen molar-refractivity contribution in [3.63, 3.8) is 0 Å². The maximum atomic E-state index is 13.0. The highest BCUT2D eigenvalue weighted by atomic mass is 16.5. The zero-order valence-corrected chi connectivity index (χ0v) is 17.1. The van der Waals surface area contributed by atoms with Crippen LogP contribution in [0, 0.1) is 27.7 Å². The molecule has 0 saturated heterocycles. The number of amides is 1. The minimum absolute atomic E-state index is 0.0558. The highest BCUT2D eigenvalue weighted by molar-refractivity contribution is 5.96. The summed E-state index contributed by atoms with van der Waals surface area (Å²) < 4.78 is 7.17. The van der Waals surface area contributed by atoms with Gasteiger partial charge in [0.25, 0.3) is 5.91 Å². The average Bonchev–Trinajstić information content (AvgIpc) is 3.00. The van der Waals surface area contributed by atoms with E-state index in [1.165, 1.54) is 0 Å². The van der Waals surface area contributed by atoms with Gasteiger partial charge in [-0.05, 0) is 51.0 Å². The molecule has 0 spiro atoms. The first-order valence-electron chi connectivity index (χ1n) is 9.47. The van der Waals surface area contributed by atoms with E-state index in [9.17, 15) is 9.59 Å². The molecule has 3 rings (SSSR count). The topological polar surface area (TPSA) is 73.2 Å². The maximum absolute atomic E-state index is 13.0. The Morgan fingerprint density at radius 2 is 1.76 bits per heavy atom. The Kier molecular flexibility index (Phi) is 6.12. The fourth-order valence-electron chi connectivity index (χ4n) is 3.10. The van der Waals surface area contributed by atoms with Gasteiger partial charge < -0.3 is 10.1 Å². The lowest BCUT2D eigenvalue weighted by molar-refractivity contribution is -0.155. The Morgan fingerprint density at radius 3 is 2.41 bits per heavy atom. The van der Waals surface area contributed by atoms with Gasteiger partial charge in [-0.1, -0.05) is 42.5 Å². The van der Waals surface area contributed by atoms with Crippen LogP contribution in [0.1, 0.15) is 34.2 Å². The van der Waals surface area contributed by atoms with Gasteiger partial charge in [-0.25, -0.2) is 0 Å². The summed E-state index contributed by atoms with van der Waals surface area (Å²) in [5.74, 6) is -0.923. The monoisotopic (exact) mass is 391 g/mol. The molecule has 0 aliphatic rings. The van der Waals surface area contributed by atoms with Crippen LogP contribution in [0.15, 0.2) is 54.6 Å². The second-order valence-electron chi connectivity index (χ2n) is 7.17. The molecule has 2 aromatic carbocycles. The van der Waals surface area contributed by atoms with Crippen molar-refractivity contribution in [2.45, 2.75) is 40.3 Å². The van der Waals surface area contributed by atoms with Crippen molar-refractivity contribution in [3.8, 4) is 0 Å². The van der Waals surface area contributed by atoms with Crippen molar-refractivity contribution in [1.29, 1.82) is 0 Å². The van der Waals surface area contributed by atoms with Gasteiger partial charge in [0.2, 0.25) is 6.10 Å². The van der Waals surface area contributed by atoms with Gasteiger partial charge in [-0.2, -0.15) is 5.10 Å². The van der Waals surface area contributed by atoms with E-state index in [1.54, 1.807) is 16.8 Å². The molecular weight excluding hydrogens is 366 g/mol. The lowest BCUT2D eigenvalue weighted by Gasteiger charge is -2.19. The largest absolute Gasteiger partial charge is 0.446 e. The summed E-state index contributed by atoms with van der Waals surface area (Å²) in [5.41, 5.74) is 4.95. The molecule has 0 saturated carbocycles. The Morgan fingerprint density at radius 1 is 1.03 bits per heavy atom. The number of aromatic nitrogens is 2. The number of hydrogen-bond donors (Lipinski definition) is 1. The summed E-state index contributed by atoms with van der Waals surface area (Å²) in [4.78, 5) is 25.6. The number of esters is 1. The first-order chi connectivity index (χ1) is 13.8. The lowest BCUT2D eigenvalue weighted by atomic mass is 10.1. The summed E-state index contributed by atoms with van der Waals surface area (Å²) >= 11 is 0. The summed E-state index contributed by atoms with van der Waals surface area (Å²) in [6, 6.07) is 16.7. The van der Waals surface area contributed by atoms with E-state index < -0.39 is 18.0 Å². The van der Waals surface area contributed by atoms with Crippen molar-refractivity contribution >= 4 is 17.6 Å². The average molecular weight is 391 g/mol. The van der Waals surface area contributed by atoms with E-state index in [2.05, 4.69) is 10.4 Å². The molecular formula is C23H25N3O3. The first-order valence-corrected chi connectivity index (χ1v) is 9.47. The third-order valence-electron chi connectivity index (χ3n) is 4.62. The number of rotatable bonds is 6. The number of benzene rings is 2. The van der Waals surface area contributed by atoms with Crippen LogP contribution < -0.4 is 5.32 Å². The Bertz CT molecular complexity index is 1030. The highest BCUT2D eigenvalue weighted by Crippen LogP contribution is 2.23. The van der Waals surface area contributed by atoms with Crippen LogP contribution in [0.25, 0.3) is 0 Å². The van der Waals surface area contributed by atoms with Crippen LogP contribution >= 0.6 is 0 Å². The molecule has 1 aromatic heterocycles. The van der Waals surface area contributed by atoms with Crippen LogP contribution in [-0.2, 0) is 20.9 Å². The number of hydrogen-bond acceptors (Lipinski definition) is 4. The molecule has 0 aliphatic heterocycles. The number of carbonyl (C=O) groups excluding carboxylic acids is 2. The van der Waals surface area contributed by atoms with E-state index >= 15 is 0 Å². The summed E-state index contributed by atoms with van der Waals surface area (Å²) in [5, 5.41) is 7.18. The van der Waals surface area contributed by atoms with Gasteiger partial charge in [-0.3, -0.25) is 14.3 Å². The quantitative estimate of drug-likeness (QED) is 0.644. The molecule has 150 valence electrons. The number of aryl methyl sites for hydroxylation is 4. The first kappa shape index (κ1) is 20.3. The van der Waals surface area contributed by atoms with E-state index in [0.717, 1.165) is 22.5 Å². The smallest absolute Gasteiger partial charge is 0.328 e. The van der Waals surface area contributed by atoms with E-state index in [-0.39, 0.29) is 6.54 Å². The van der Waals surface area contributed by atoms with Gasteiger partial charge in [0.15, 0.2) is 0 Å². The molecule has 0 fully saturated rings. The molecule has 0 aliphatic carbocycles. The molecule has 1 heterocycles. The summed E-state index contributed by atoms with van der Waals surface area (Å²) in [7, 11) is 0. The fraction of sp³-hybridized carbons (Fsp3) is 0.261. The Hall–Kier alpha value is -3.41. The van der Waals surface area contributed by atoms with Gasteiger partial charge in [0.1, 0.15) is 6.54 Å².